The molecule has 8 heteroatoms. The quantitative estimate of drug-likeness (QED) is 0.817. The topological polar surface area (TPSA) is 75.3 Å². The molecule has 2 N–H and O–H groups in total. The SMILES string of the molecule is CCc1ccc(S(=O)(=O)NCC(=O)Nc2cccc(Cl)c2C)s1. The highest BCUT2D eigenvalue weighted by atomic mass is 35.5. The van der Waals surface area contributed by atoms with Crippen LogP contribution in [0.3, 0.4) is 0 Å². The molecule has 1 heterocycles. The highest BCUT2D eigenvalue weighted by Crippen LogP contribution is 2.23. The van der Waals surface area contributed by atoms with Crippen LogP contribution in [0.1, 0.15) is 17.4 Å². The minimum absolute atomic E-state index is 0.209. The van der Waals surface area contributed by atoms with Gasteiger partial charge in [-0.05, 0) is 43.2 Å². The molecule has 0 fully saturated rings. The Hall–Kier alpha value is -1.41. The lowest BCUT2D eigenvalue weighted by Crippen LogP contribution is -2.32. The molecule has 0 unspecified atom stereocenters. The highest BCUT2D eigenvalue weighted by Gasteiger charge is 2.18. The summed E-state index contributed by atoms with van der Waals surface area (Å²) in [6.45, 7) is 3.39. The van der Waals surface area contributed by atoms with E-state index in [2.05, 4.69) is 10.0 Å². The zero-order chi connectivity index (χ0) is 17.0. The Labute approximate surface area is 144 Å². The van der Waals surface area contributed by atoms with Crippen molar-refractivity contribution < 1.29 is 13.2 Å². The van der Waals surface area contributed by atoms with E-state index in [0.29, 0.717) is 10.7 Å². The second-order valence-corrected chi connectivity index (χ2v) is 8.43. The first-order chi connectivity index (χ1) is 10.8. The van der Waals surface area contributed by atoms with E-state index in [1.165, 1.54) is 11.3 Å². The lowest BCUT2D eigenvalue weighted by atomic mass is 10.2. The molecule has 1 amide bonds. The number of thiophene rings is 1. The van der Waals surface area contributed by atoms with Crippen LogP contribution in [0.25, 0.3) is 0 Å². The summed E-state index contributed by atoms with van der Waals surface area (Å²) in [5.74, 6) is -0.453. The molecular weight excluding hydrogens is 356 g/mol. The van der Waals surface area contributed by atoms with Gasteiger partial charge in [0.25, 0.3) is 10.0 Å². The average molecular weight is 373 g/mol. The van der Waals surface area contributed by atoms with Gasteiger partial charge in [0.15, 0.2) is 0 Å². The van der Waals surface area contributed by atoms with Gasteiger partial charge in [0, 0.05) is 15.6 Å². The number of nitrogens with one attached hydrogen (secondary N) is 2. The number of amides is 1. The van der Waals surface area contributed by atoms with Gasteiger partial charge in [0.1, 0.15) is 4.21 Å². The van der Waals surface area contributed by atoms with Gasteiger partial charge in [-0.25, -0.2) is 13.1 Å². The van der Waals surface area contributed by atoms with Crippen molar-refractivity contribution in [2.75, 3.05) is 11.9 Å². The van der Waals surface area contributed by atoms with Crippen LogP contribution in [0.5, 0.6) is 0 Å². The lowest BCUT2D eigenvalue weighted by Gasteiger charge is -2.10. The largest absolute Gasteiger partial charge is 0.325 e. The second kappa shape index (κ2) is 7.44. The number of halogens is 1. The van der Waals surface area contributed by atoms with E-state index < -0.39 is 15.9 Å². The van der Waals surface area contributed by atoms with Crippen molar-refractivity contribution in [3.8, 4) is 0 Å². The number of hydrogen-bond acceptors (Lipinski definition) is 4. The van der Waals surface area contributed by atoms with Crippen LogP contribution in [-0.2, 0) is 21.2 Å². The minimum atomic E-state index is -3.67. The van der Waals surface area contributed by atoms with Crippen molar-refractivity contribution in [2.24, 2.45) is 0 Å². The molecule has 0 aliphatic carbocycles. The third-order valence-corrected chi connectivity index (χ3v) is 6.75. The Balaban J connectivity index is 1.99. The Kier molecular flexibility index (Phi) is 5.80. The molecule has 1 aromatic heterocycles. The fraction of sp³-hybridized carbons (Fsp3) is 0.267. The first-order valence-corrected chi connectivity index (χ1v) is 9.64. The Morgan fingerprint density at radius 2 is 2.00 bits per heavy atom. The molecule has 2 aromatic rings. The Morgan fingerprint density at radius 1 is 1.26 bits per heavy atom. The summed E-state index contributed by atoms with van der Waals surface area (Å²) in [5.41, 5.74) is 1.29. The van der Waals surface area contributed by atoms with Gasteiger partial charge >= 0.3 is 0 Å². The first kappa shape index (κ1) is 17.9. The Morgan fingerprint density at radius 3 is 2.65 bits per heavy atom. The van der Waals surface area contributed by atoms with Crippen molar-refractivity contribution in [1.82, 2.24) is 4.72 Å². The summed E-state index contributed by atoms with van der Waals surface area (Å²) in [6.07, 6.45) is 0.773. The van der Waals surface area contributed by atoms with Crippen molar-refractivity contribution >= 4 is 44.6 Å². The fourth-order valence-corrected chi connectivity index (χ4v) is 4.36. The number of hydrogen-bond donors (Lipinski definition) is 2. The summed E-state index contributed by atoms with van der Waals surface area (Å²) < 4.78 is 26.8. The maximum absolute atomic E-state index is 12.1. The van der Waals surface area contributed by atoms with Crippen LogP contribution in [-0.4, -0.2) is 20.9 Å². The monoisotopic (exact) mass is 372 g/mol. The summed E-state index contributed by atoms with van der Waals surface area (Å²) in [4.78, 5) is 12.9. The maximum atomic E-state index is 12.1. The number of anilines is 1. The average Bonchev–Trinajstić information content (AvgIpc) is 3.00. The van der Waals surface area contributed by atoms with Gasteiger partial charge < -0.3 is 5.32 Å². The standard InChI is InChI=1S/C15H17ClN2O3S2/c1-3-11-7-8-15(22-11)23(20,21)17-9-14(19)18-13-6-4-5-12(16)10(13)2/h4-8,17H,3,9H2,1-2H3,(H,18,19). The lowest BCUT2D eigenvalue weighted by molar-refractivity contribution is -0.115. The molecule has 0 radical (unpaired) electrons. The molecule has 1 aromatic carbocycles. The minimum Gasteiger partial charge on any atom is -0.325 e. The van der Waals surface area contributed by atoms with Gasteiger partial charge in [-0.1, -0.05) is 24.6 Å². The van der Waals surface area contributed by atoms with E-state index in [0.717, 1.165) is 16.9 Å². The summed E-state index contributed by atoms with van der Waals surface area (Å²) in [7, 11) is -3.67. The zero-order valence-corrected chi connectivity index (χ0v) is 15.1. The van der Waals surface area contributed by atoms with Crippen molar-refractivity contribution in [1.29, 1.82) is 0 Å². The molecule has 5 nitrogen and oxygen atoms in total. The van der Waals surface area contributed by atoms with Crippen LogP contribution >= 0.6 is 22.9 Å². The van der Waals surface area contributed by atoms with Gasteiger partial charge in [-0.2, -0.15) is 0 Å². The van der Waals surface area contributed by atoms with Gasteiger partial charge in [0.05, 0.1) is 6.54 Å². The molecular formula is C15H17ClN2O3S2. The second-order valence-electron chi connectivity index (χ2n) is 4.86. The van der Waals surface area contributed by atoms with Crippen LogP contribution in [0.15, 0.2) is 34.5 Å². The van der Waals surface area contributed by atoms with E-state index in [4.69, 9.17) is 11.6 Å². The first-order valence-electron chi connectivity index (χ1n) is 6.97. The predicted molar refractivity (Wildman–Crippen MR) is 93.7 cm³/mol. The molecule has 2 rings (SSSR count). The number of carbonyl (C=O) groups is 1. The van der Waals surface area contributed by atoms with Crippen molar-refractivity contribution in [2.45, 2.75) is 24.5 Å². The summed E-state index contributed by atoms with van der Waals surface area (Å²) in [6, 6.07) is 8.46. The van der Waals surface area contributed by atoms with Crippen LogP contribution in [0, 0.1) is 6.92 Å². The fourth-order valence-electron chi connectivity index (χ4n) is 1.86. The molecule has 0 spiro atoms. The highest BCUT2D eigenvalue weighted by molar-refractivity contribution is 7.91. The number of rotatable bonds is 6. The normalized spacial score (nSPS) is 11.4. The van der Waals surface area contributed by atoms with E-state index in [1.807, 2.05) is 6.92 Å². The number of sulfonamides is 1. The third-order valence-electron chi connectivity index (χ3n) is 3.21. The number of aryl methyl sites for hydroxylation is 1. The van der Waals surface area contributed by atoms with Gasteiger partial charge in [0.2, 0.25) is 5.91 Å². The van der Waals surface area contributed by atoms with E-state index in [-0.39, 0.29) is 10.8 Å². The summed E-state index contributed by atoms with van der Waals surface area (Å²) in [5, 5.41) is 3.18. The Bertz CT molecular complexity index is 816. The molecule has 0 bridgehead atoms. The van der Waals surface area contributed by atoms with E-state index >= 15 is 0 Å². The van der Waals surface area contributed by atoms with Crippen LogP contribution < -0.4 is 10.0 Å². The van der Waals surface area contributed by atoms with Crippen LogP contribution in [0.2, 0.25) is 5.02 Å². The van der Waals surface area contributed by atoms with Crippen LogP contribution in [0.4, 0.5) is 5.69 Å². The molecule has 0 saturated carbocycles. The predicted octanol–water partition coefficient (Wildman–Crippen LogP) is 3.19. The molecule has 124 valence electrons. The van der Waals surface area contributed by atoms with E-state index in [9.17, 15) is 13.2 Å². The summed E-state index contributed by atoms with van der Waals surface area (Å²) >= 11 is 7.18. The van der Waals surface area contributed by atoms with Gasteiger partial charge in [-0.15, -0.1) is 11.3 Å². The van der Waals surface area contributed by atoms with Gasteiger partial charge in [-0.3, -0.25) is 4.79 Å². The number of benzene rings is 1. The molecule has 0 atom stereocenters. The third kappa shape index (κ3) is 4.54. The molecule has 0 saturated heterocycles. The van der Waals surface area contributed by atoms with E-state index in [1.54, 1.807) is 37.3 Å². The number of carbonyl (C=O) groups excluding carboxylic acids is 1. The van der Waals surface area contributed by atoms with Crippen molar-refractivity contribution in [3.63, 3.8) is 0 Å². The smallest absolute Gasteiger partial charge is 0.250 e. The maximum Gasteiger partial charge on any atom is 0.250 e. The molecule has 23 heavy (non-hydrogen) atoms. The molecule has 0 aliphatic heterocycles. The zero-order valence-electron chi connectivity index (χ0n) is 12.7. The molecule has 0 aliphatic rings. The van der Waals surface area contributed by atoms with Crippen molar-refractivity contribution in [3.05, 3.63) is 45.8 Å².